The SMILES string of the molecule is Cc1ccc(-c2ccc(C)n2CCC(=O)O)o1. The lowest BCUT2D eigenvalue weighted by Gasteiger charge is -2.08. The van der Waals surface area contributed by atoms with Crippen LogP contribution in [-0.2, 0) is 11.3 Å². The Morgan fingerprint density at radius 2 is 2.06 bits per heavy atom. The first-order valence-corrected chi connectivity index (χ1v) is 5.52. The van der Waals surface area contributed by atoms with Gasteiger partial charge in [-0.25, -0.2) is 0 Å². The highest BCUT2D eigenvalue weighted by Gasteiger charge is 2.11. The highest BCUT2D eigenvalue weighted by molar-refractivity contribution is 5.66. The van der Waals surface area contributed by atoms with Gasteiger partial charge >= 0.3 is 5.97 Å². The fourth-order valence-electron chi connectivity index (χ4n) is 1.86. The lowest BCUT2D eigenvalue weighted by Crippen LogP contribution is -2.06. The third-order valence-corrected chi connectivity index (χ3v) is 2.74. The van der Waals surface area contributed by atoms with Crippen molar-refractivity contribution < 1.29 is 14.3 Å². The number of aromatic nitrogens is 1. The molecule has 17 heavy (non-hydrogen) atoms. The van der Waals surface area contributed by atoms with Crippen molar-refractivity contribution in [3.8, 4) is 11.5 Å². The number of hydrogen-bond donors (Lipinski definition) is 1. The van der Waals surface area contributed by atoms with E-state index in [1.165, 1.54) is 0 Å². The van der Waals surface area contributed by atoms with Gasteiger partial charge in [-0.05, 0) is 38.1 Å². The minimum absolute atomic E-state index is 0.113. The van der Waals surface area contributed by atoms with E-state index in [1.807, 2.05) is 42.7 Å². The van der Waals surface area contributed by atoms with Crippen LogP contribution in [0.3, 0.4) is 0 Å². The van der Waals surface area contributed by atoms with Crippen LogP contribution in [0, 0.1) is 13.8 Å². The number of furan rings is 1. The molecule has 2 rings (SSSR count). The molecule has 0 radical (unpaired) electrons. The Morgan fingerprint density at radius 1 is 1.29 bits per heavy atom. The Morgan fingerprint density at radius 3 is 2.65 bits per heavy atom. The first kappa shape index (κ1) is 11.5. The highest BCUT2D eigenvalue weighted by Crippen LogP contribution is 2.24. The Balaban J connectivity index is 2.31. The minimum atomic E-state index is -0.792. The van der Waals surface area contributed by atoms with Gasteiger partial charge in [0.05, 0.1) is 12.1 Å². The summed E-state index contributed by atoms with van der Waals surface area (Å²) in [5.74, 6) is 0.837. The highest BCUT2D eigenvalue weighted by atomic mass is 16.4. The molecule has 0 atom stereocenters. The van der Waals surface area contributed by atoms with Gasteiger partial charge in [0.25, 0.3) is 0 Å². The molecule has 90 valence electrons. The molecule has 2 aromatic rings. The summed E-state index contributed by atoms with van der Waals surface area (Å²) >= 11 is 0. The molecule has 4 heteroatoms. The van der Waals surface area contributed by atoms with Crippen LogP contribution in [-0.4, -0.2) is 15.6 Å². The van der Waals surface area contributed by atoms with Gasteiger partial charge in [-0.15, -0.1) is 0 Å². The lowest BCUT2D eigenvalue weighted by atomic mass is 10.3. The summed E-state index contributed by atoms with van der Waals surface area (Å²) in [5, 5.41) is 8.73. The minimum Gasteiger partial charge on any atom is -0.481 e. The van der Waals surface area contributed by atoms with Crippen LogP contribution >= 0.6 is 0 Å². The van der Waals surface area contributed by atoms with Crippen LogP contribution in [0.2, 0.25) is 0 Å². The second-order valence-corrected chi connectivity index (χ2v) is 4.07. The first-order valence-electron chi connectivity index (χ1n) is 5.52. The average molecular weight is 233 g/mol. The number of carbonyl (C=O) groups is 1. The van der Waals surface area contributed by atoms with Gasteiger partial charge < -0.3 is 14.1 Å². The average Bonchev–Trinajstić information content (AvgIpc) is 2.82. The Labute approximate surface area is 99.5 Å². The van der Waals surface area contributed by atoms with Crippen molar-refractivity contribution in [1.82, 2.24) is 4.57 Å². The van der Waals surface area contributed by atoms with E-state index >= 15 is 0 Å². The molecule has 0 saturated heterocycles. The number of nitrogens with zero attached hydrogens (tertiary/aromatic N) is 1. The smallest absolute Gasteiger partial charge is 0.305 e. The maximum atomic E-state index is 10.6. The molecule has 1 N–H and O–H groups in total. The van der Waals surface area contributed by atoms with E-state index in [1.54, 1.807) is 0 Å². The van der Waals surface area contributed by atoms with Gasteiger partial charge in [0, 0.05) is 12.2 Å². The molecule has 0 spiro atoms. The van der Waals surface area contributed by atoms with E-state index < -0.39 is 5.97 Å². The summed E-state index contributed by atoms with van der Waals surface area (Å²) in [6.07, 6.45) is 0.113. The van der Waals surface area contributed by atoms with Crippen molar-refractivity contribution in [2.75, 3.05) is 0 Å². The van der Waals surface area contributed by atoms with Gasteiger partial charge in [0.1, 0.15) is 5.76 Å². The largest absolute Gasteiger partial charge is 0.481 e. The third-order valence-electron chi connectivity index (χ3n) is 2.74. The number of carboxylic acid groups (broad SMARTS) is 1. The lowest BCUT2D eigenvalue weighted by molar-refractivity contribution is -0.137. The van der Waals surface area contributed by atoms with Crippen LogP contribution in [0.4, 0.5) is 0 Å². The zero-order valence-electron chi connectivity index (χ0n) is 9.93. The van der Waals surface area contributed by atoms with E-state index in [0.717, 1.165) is 22.9 Å². The molecule has 0 aromatic carbocycles. The Bertz CT molecular complexity index is 537. The summed E-state index contributed by atoms with van der Waals surface area (Å²) in [7, 11) is 0. The van der Waals surface area contributed by atoms with E-state index in [-0.39, 0.29) is 6.42 Å². The zero-order chi connectivity index (χ0) is 12.4. The molecule has 0 bridgehead atoms. The van der Waals surface area contributed by atoms with Gasteiger partial charge in [-0.3, -0.25) is 4.79 Å². The summed E-state index contributed by atoms with van der Waals surface area (Å²) in [5.41, 5.74) is 1.96. The molecule has 0 fully saturated rings. The maximum absolute atomic E-state index is 10.6. The molecular formula is C13H15NO3. The zero-order valence-corrected chi connectivity index (χ0v) is 9.93. The monoisotopic (exact) mass is 233 g/mol. The summed E-state index contributed by atoms with van der Waals surface area (Å²) in [6.45, 7) is 4.31. The van der Waals surface area contributed by atoms with Crippen LogP contribution in [0.1, 0.15) is 17.9 Å². The van der Waals surface area contributed by atoms with Crippen molar-refractivity contribution in [1.29, 1.82) is 0 Å². The fourth-order valence-corrected chi connectivity index (χ4v) is 1.86. The second-order valence-electron chi connectivity index (χ2n) is 4.07. The van der Waals surface area contributed by atoms with E-state index in [0.29, 0.717) is 6.54 Å². The van der Waals surface area contributed by atoms with E-state index in [4.69, 9.17) is 9.52 Å². The van der Waals surface area contributed by atoms with Crippen molar-refractivity contribution in [2.45, 2.75) is 26.8 Å². The molecule has 2 aromatic heterocycles. The quantitative estimate of drug-likeness (QED) is 0.883. The van der Waals surface area contributed by atoms with Crippen molar-refractivity contribution >= 4 is 5.97 Å². The fraction of sp³-hybridized carbons (Fsp3) is 0.308. The summed E-state index contributed by atoms with van der Waals surface area (Å²) in [4.78, 5) is 10.6. The van der Waals surface area contributed by atoms with E-state index in [9.17, 15) is 4.79 Å². The number of aryl methyl sites for hydroxylation is 2. The molecule has 0 unspecified atom stereocenters. The van der Waals surface area contributed by atoms with Crippen LogP contribution < -0.4 is 0 Å². The maximum Gasteiger partial charge on any atom is 0.305 e. The molecule has 0 saturated carbocycles. The first-order chi connectivity index (χ1) is 8.08. The molecular weight excluding hydrogens is 218 g/mol. The molecule has 0 aliphatic carbocycles. The number of aliphatic carboxylic acids is 1. The van der Waals surface area contributed by atoms with Gasteiger partial charge in [-0.2, -0.15) is 0 Å². The second kappa shape index (κ2) is 4.49. The van der Waals surface area contributed by atoms with Crippen molar-refractivity contribution in [3.05, 3.63) is 35.7 Å². The number of carboxylic acids is 1. The van der Waals surface area contributed by atoms with Crippen molar-refractivity contribution in [2.24, 2.45) is 0 Å². The topological polar surface area (TPSA) is 55.4 Å². The molecule has 0 aliphatic heterocycles. The van der Waals surface area contributed by atoms with Crippen molar-refractivity contribution in [3.63, 3.8) is 0 Å². The number of rotatable bonds is 4. The van der Waals surface area contributed by atoms with Crippen LogP contribution in [0.25, 0.3) is 11.5 Å². The van der Waals surface area contributed by atoms with Gasteiger partial charge in [-0.1, -0.05) is 0 Å². The summed E-state index contributed by atoms with van der Waals surface area (Å²) < 4.78 is 7.53. The Hall–Kier alpha value is -1.97. The summed E-state index contributed by atoms with van der Waals surface area (Å²) in [6, 6.07) is 7.73. The molecule has 0 amide bonds. The predicted octanol–water partition coefficient (Wildman–Crippen LogP) is 2.84. The van der Waals surface area contributed by atoms with Gasteiger partial charge in [0.15, 0.2) is 5.76 Å². The number of hydrogen-bond acceptors (Lipinski definition) is 2. The normalized spacial score (nSPS) is 10.7. The molecule has 0 aliphatic rings. The van der Waals surface area contributed by atoms with Crippen LogP contribution in [0.15, 0.2) is 28.7 Å². The van der Waals surface area contributed by atoms with Crippen LogP contribution in [0.5, 0.6) is 0 Å². The standard InChI is InChI=1S/C13H15NO3/c1-9-3-5-11(12-6-4-10(2)17-12)14(9)8-7-13(15)16/h3-6H,7-8H2,1-2H3,(H,15,16). The Kier molecular flexibility index (Phi) is 3.04. The molecule has 4 nitrogen and oxygen atoms in total. The predicted molar refractivity (Wildman–Crippen MR) is 63.9 cm³/mol. The molecule has 2 heterocycles. The third kappa shape index (κ3) is 2.41. The van der Waals surface area contributed by atoms with E-state index in [2.05, 4.69) is 0 Å². The van der Waals surface area contributed by atoms with Gasteiger partial charge in [0.2, 0.25) is 0 Å².